The lowest BCUT2D eigenvalue weighted by Crippen LogP contribution is -2.57. The first-order valence-corrected chi connectivity index (χ1v) is 10.4. The van der Waals surface area contributed by atoms with E-state index < -0.39 is 23.8 Å². The molecule has 1 fully saturated rings. The molecular formula is C23H25FN4O3. The fourth-order valence-electron chi connectivity index (χ4n) is 3.94. The number of hydrogen-bond donors (Lipinski definition) is 1. The first-order chi connectivity index (χ1) is 15.1. The molecule has 4 rings (SSSR count). The van der Waals surface area contributed by atoms with E-state index in [0.29, 0.717) is 32.1 Å². The van der Waals surface area contributed by atoms with E-state index in [2.05, 4.69) is 10.2 Å². The smallest absolute Gasteiger partial charge is 0.321 e. The Morgan fingerprint density at radius 3 is 2.35 bits per heavy atom. The van der Waals surface area contributed by atoms with E-state index >= 15 is 0 Å². The first kappa shape index (κ1) is 20.8. The molecule has 7 nitrogen and oxygen atoms in total. The molecule has 1 amide bonds. The van der Waals surface area contributed by atoms with Crippen LogP contribution in [-0.4, -0.2) is 55.5 Å². The van der Waals surface area contributed by atoms with Crippen LogP contribution in [0.5, 0.6) is 0 Å². The highest BCUT2D eigenvalue weighted by Gasteiger charge is 2.42. The number of hydrogen-bond acceptors (Lipinski definition) is 6. The van der Waals surface area contributed by atoms with Gasteiger partial charge in [-0.1, -0.05) is 30.3 Å². The fourth-order valence-corrected chi connectivity index (χ4v) is 3.94. The zero-order valence-corrected chi connectivity index (χ0v) is 17.3. The highest BCUT2D eigenvalue weighted by molar-refractivity contribution is 6.08. The predicted octanol–water partition coefficient (Wildman–Crippen LogP) is 2.35. The van der Waals surface area contributed by atoms with Crippen molar-refractivity contribution in [3.05, 3.63) is 66.0 Å². The van der Waals surface area contributed by atoms with Gasteiger partial charge in [0, 0.05) is 31.9 Å². The molecule has 0 saturated carbocycles. The van der Waals surface area contributed by atoms with Crippen molar-refractivity contribution in [2.24, 2.45) is 10.9 Å². The molecule has 1 saturated heterocycles. The lowest BCUT2D eigenvalue weighted by atomic mass is 9.91. The minimum absolute atomic E-state index is 0.200. The number of amides is 1. The lowest BCUT2D eigenvalue weighted by molar-refractivity contribution is -0.153. The molecule has 0 bridgehead atoms. The Bertz CT molecular complexity index is 957. The molecule has 2 aromatic rings. The van der Waals surface area contributed by atoms with Crippen molar-refractivity contribution in [2.75, 3.05) is 37.7 Å². The highest BCUT2D eigenvalue weighted by atomic mass is 19.1. The average Bonchev–Trinajstić information content (AvgIpc) is 2.80. The van der Waals surface area contributed by atoms with Crippen LogP contribution in [0.15, 0.2) is 59.6 Å². The van der Waals surface area contributed by atoms with Gasteiger partial charge in [0.2, 0.25) is 11.9 Å². The summed E-state index contributed by atoms with van der Waals surface area (Å²) in [5, 5.41) is 2.81. The van der Waals surface area contributed by atoms with Crippen molar-refractivity contribution < 1.29 is 18.7 Å². The van der Waals surface area contributed by atoms with Gasteiger partial charge in [0.05, 0.1) is 6.61 Å². The largest absolute Gasteiger partial charge is 0.465 e. The summed E-state index contributed by atoms with van der Waals surface area (Å²) >= 11 is 0. The quantitative estimate of drug-likeness (QED) is 0.603. The van der Waals surface area contributed by atoms with Gasteiger partial charge >= 0.3 is 5.97 Å². The van der Waals surface area contributed by atoms with Gasteiger partial charge in [-0.25, -0.2) is 9.38 Å². The number of piperazine rings is 1. The third-order valence-electron chi connectivity index (χ3n) is 5.55. The van der Waals surface area contributed by atoms with E-state index in [-0.39, 0.29) is 12.4 Å². The number of guanidine groups is 1. The molecule has 0 radical (unpaired) electrons. The molecular weight excluding hydrogens is 399 g/mol. The number of carbonyl (C=O) groups is 2. The van der Waals surface area contributed by atoms with Gasteiger partial charge in [-0.05, 0) is 36.8 Å². The Morgan fingerprint density at radius 1 is 1.06 bits per heavy atom. The third kappa shape index (κ3) is 4.52. The number of nitrogens with zero attached hydrogens (tertiary/aromatic N) is 3. The molecule has 162 valence electrons. The normalized spacial score (nSPS) is 21.4. The van der Waals surface area contributed by atoms with Crippen LogP contribution in [0.4, 0.5) is 10.1 Å². The number of nitrogens with one attached hydrogen (secondary N) is 1. The van der Waals surface area contributed by atoms with Crippen molar-refractivity contribution in [2.45, 2.75) is 13.0 Å². The predicted molar refractivity (Wildman–Crippen MR) is 115 cm³/mol. The molecule has 2 heterocycles. The van der Waals surface area contributed by atoms with Gasteiger partial charge in [-0.3, -0.25) is 14.9 Å². The van der Waals surface area contributed by atoms with Crippen LogP contribution < -0.4 is 10.2 Å². The van der Waals surface area contributed by atoms with Crippen LogP contribution in [0.3, 0.4) is 0 Å². The summed E-state index contributed by atoms with van der Waals surface area (Å²) in [4.78, 5) is 34.3. The van der Waals surface area contributed by atoms with Crippen molar-refractivity contribution in [1.82, 2.24) is 10.2 Å². The molecule has 2 aliphatic rings. The second-order valence-electron chi connectivity index (χ2n) is 7.48. The number of rotatable bonds is 4. The number of aliphatic imine (C=N–C) groups is 1. The van der Waals surface area contributed by atoms with Gasteiger partial charge in [0.25, 0.3) is 0 Å². The summed E-state index contributed by atoms with van der Waals surface area (Å²) in [5.41, 5.74) is 1.75. The SMILES string of the molecule is CCOC(=O)[C@@H]1C(=O)NC(N2CCN(c3ccc(F)cc3)CC2)=N[C@H]1c1ccccc1. The molecule has 31 heavy (non-hydrogen) atoms. The van der Waals surface area contributed by atoms with E-state index in [1.54, 1.807) is 19.1 Å². The van der Waals surface area contributed by atoms with Crippen molar-refractivity contribution in [3.8, 4) is 0 Å². The second-order valence-corrected chi connectivity index (χ2v) is 7.48. The van der Waals surface area contributed by atoms with Gasteiger partial charge in [-0.2, -0.15) is 0 Å². The Labute approximate surface area is 180 Å². The summed E-state index contributed by atoms with van der Waals surface area (Å²) in [6.45, 7) is 4.61. The molecule has 0 unspecified atom stereocenters. The van der Waals surface area contributed by atoms with E-state index in [0.717, 1.165) is 11.3 Å². The van der Waals surface area contributed by atoms with Gasteiger partial charge in [-0.15, -0.1) is 0 Å². The molecule has 2 aliphatic heterocycles. The van der Waals surface area contributed by atoms with Crippen LogP contribution in [0.25, 0.3) is 0 Å². The number of halogens is 1. The lowest BCUT2D eigenvalue weighted by Gasteiger charge is -2.39. The van der Waals surface area contributed by atoms with Crippen LogP contribution in [-0.2, 0) is 14.3 Å². The van der Waals surface area contributed by atoms with Crippen LogP contribution in [0, 0.1) is 11.7 Å². The third-order valence-corrected chi connectivity index (χ3v) is 5.55. The summed E-state index contributed by atoms with van der Waals surface area (Å²) in [5.74, 6) is -1.79. The molecule has 2 atom stereocenters. The van der Waals surface area contributed by atoms with E-state index in [4.69, 9.17) is 9.73 Å². The van der Waals surface area contributed by atoms with E-state index in [9.17, 15) is 14.0 Å². The van der Waals surface area contributed by atoms with Gasteiger partial charge < -0.3 is 14.5 Å². The first-order valence-electron chi connectivity index (χ1n) is 10.4. The standard InChI is InChI=1S/C23H25FN4O3/c1-2-31-22(30)19-20(16-6-4-3-5-7-16)25-23(26-21(19)29)28-14-12-27(13-15-28)18-10-8-17(24)9-11-18/h3-11,19-20H,2,12-15H2,1H3,(H,25,26,29)/t19-,20-/m0/s1. The Hall–Kier alpha value is -3.42. The Balaban J connectivity index is 1.53. The maximum atomic E-state index is 13.2. The number of carbonyl (C=O) groups excluding carboxylic acids is 2. The minimum Gasteiger partial charge on any atom is -0.465 e. The molecule has 2 aromatic carbocycles. The summed E-state index contributed by atoms with van der Waals surface area (Å²) in [6.07, 6.45) is 0. The maximum Gasteiger partial charge on any atom is 0.321 e. The summed E-state index contributed by atoms with van der Waals surface area (Å²) in [7, 11) is 0. The topological polar surface area (TPSA) is 74.2 Å². The number of ether oxygens (including phenoxy) is 1. The molecule has 0 aromatic heterocycles. The second kappa shape index (κ2) is 9.16. The van der Waals surface area contributed by atoms with Crippen molar-refractivity contribution >= 4 is 23.5 Å². The Morgan fingerprint density at radius 2 is 1.71 bits per heavy atom. The maximum absolute atomic E-state index is 13.2. The molecule has 8 heteroatoms. The molecule has 1 N–H and O–H groups in total. The summed E-state index contributed by atoms with van der Waals surface area (Å²) in [6, 6.07) is 15.1. The van der Waals surface area contributed by atoms with Gasteiger partial charge in [0.15, 0.2) is 5.92 Å². The molecule has 0 spiro atoms. The Kier molecular flexibility index (Phi) is 6.16. The fraction of sp³-hybridized carbons (Fsp3) is 0.348. The average molecular weight is 424 g/mol. The molecule has 0 aliphatic carbocycles. The zero-order chi connectivity index (χ0) is 21.8. The zero-order valence-electron chi connectivity index (χ0n) is 17.3. The number of benzene rings is 2. The van der Waals surface area contributed by atoms with E-state index in [1.165, 1.54) is 12.1 Å². The van der Waals surface area contributed by atoms with E-state index in [1.807, 2.05) is 35.2 Å². The number of esters is 1. The van der Waals surface area contributed by atoms with Crippen LogP contribution in [0.2, 0.25) is 0 Å². The van der Waals surface area contributed by atoms with Crippen LogP contribution in [0.1, 0.15) is 18.5 Å². The van der Waals surface area contributed by atoms with Gasteiger partial charge in [0.1, 0.15) is 11.9 Å². The monoisotopic (exact) mass is 424 g/mol. The van der Waals surface area contributed by atoms with Crippen LogP contribution >= 0.6 is 0 Å². The minimum atomic E-state index is -1.02. The van der Waals surface area contributed by atoms with Crippen molar-refractivity contribution in [3.63, 3.8) is 0 Å². The van der Waals surface area contributed by atoms with Crippen molar-refractivity contribution in [1.29, 1.82) is 0 Å². The summed E-state index contributed by atoms with van der Waals surface area (Å²) < 4.78 is 18.3. The highest BCUT2D eigenvalue weighted by Crippen LogP contribution is 2.31. The number of anilines is 1.